The first-order chi connectivity index (χ1) is 7.70. The van der Waals surface area contributed by atoms with Gasteiger partial charge in [0.15, 0.2) is 0 Å². The van der Waals surface area contributed by atoms with E-state index in [0.29, 0.717) is 12.2 Å². The maximum absolute atomic E-state index is 11.2. The predicted octanol–water partition coefficient (Wildman–Crippen LogP) is 0.859. The number of carbonyl (C=O) groups is 1. The predicted molar refractivity (Wildman–Crippen MR) is 58.1 cm³/mol. The number of amidine groups is 1. The second-order valence-corrected chi connectivity index (χ2v) is 3.41. The van der Waals surface area contributed by atoms with Crippen molar-refractivity contribution in [3.8, 4) is 0 Å². The molecule has 1 heterocycles. The van der Waals surface area contributed by atoms with Crippen LogP contribution in [-0.2, 0) is 9.47 Å². The van der Waals surface area contributed by atoms with E-state index in [1.807, 2.05) is 12.1 Å². The number of hydrogen-bond donors (Lipinski definition) is 1. The van der Waals surface area contributed by atoms with Crippen molar-refractivity contribution in [1.29, 1.82) is 0 Å². The molecule has 0 aromatic heterocycles. The summed E-state index contributed by atoms with van der Waals surface area (Å²) in [6.45, 7) is 0.448. The number of rotatable bonds is 2. The highest BCUT2D eigenvalue weighted by molar-refractivity contribution is 5.89. The fourth-order valence-electron chi connectivity index (χ4n) is 1.52. The Labute approximate surface area is 92.9 Å². The van der Waals surface area contributed by atoms with Crippen molar-refractivity contribution >= 4 is 12.0 Å². The van der Waals surface area contributed by atoms with Gasteiger partial charge in [0, 0.05) is 0 Å². The van der Waals surface area contributed by atoms with E-state index in [9.17, 15) is 4.79 Å². The van der Waals surface area contributed by atoms with E-state index < -0.39 is 0 Å². The number of ether oxygens (including phenoxy) is 2. The third kappa shape index (κ3) is 1.98. The summed E-state index contributed by atoms with van der Waals surface area (Å²) in [4.78, 5) is 15.3. The van der Waals surface area contributed by atoms with Crippen molar-refractivity contribution < 1.29 is 14.3 Å². The van der Waals surface area contributed by atoms with Crippen molar-refractivity contribution in [2.75, 3.05) is 13.7 Å². The van der Waals surface area contributed by atoms with Crippen LogP contribution >= 0.6 is 0 Å². The highest BCUT2D eigenvalue weighted by atomic mass is 16.5. The number of methoxy groups -OCH3 is 1. The highest BCUT2D eigenvalue weighted by Gasteiger charge is 2.18. The molecule has 0 fully saturated rings. The minimum absolute atomic E-state index is 0.0771. The number of nitrogens with two attached hydrogens (primary N) is 1. The molecular weight excluding hydrogens is 208 g/mol. The summed E-state index contributed by atoms with van der Waals surface area (Å²) in [7, 11) is 1.35. The Morgan fingerprint density at radius 2 is 2.19 bits per heavy atom. The van der Waals surface area contributed by atoms with Gasteiger partial charge in [-0.05, 0) is 17.7 Å². The fourth-order valence-corrected chi connectivity index (χ4v) is 1.52. The quantitative estimate of drug-likeness (QED) is 0.750. The maximum Gasteiger partial charge on any atom is 0.337 e. The van der Waals surface area contributed by atoms with E-state index in [-0.39, 0.29) is 18.0 Å². The summed E-state index contributed by atoms with van der Waals surface area (Å²) in [5.41, 5.74) is 6.90. The number of carbonyl (C=O) groups excluding carboxylic acids is 1. The van der Waals surface area contributed by atoms with E-state index in [1.165, 1.54) is 7.11 Å². The third-order valence-electron chi connectivity index (χ3n) is 2.39. The van der Waals surface area contributed by atoms with Crippen LogP contribution in [0.1, 0.15) is 22.0 Å². The lowest BCUT2D eigenvalue weighted by Crippen LogP contribution is -2.10. The van der Waals surface area contributed by atoms with Crippen molar-refractivity contribution in [1.82, 2.24) is 0 Å². The Hall–Kier alpha value is -2.04. The SMILES string of the molecule is COC(=O)c1ccc(C2COC(N)=N2)cc1. The zero-order valence-corrected chi connectivity index (χ0v) is 8.84. The molecule has 1 aliphatic rings. The average molecular weight is 220 g/mol. The topological polar surface area (TPSA) is 73.9 Å². The second kappa shape index (κ2) is 4.22. The minimum Gasteiger partial charge on any atom is -0.465 e. The Bertz CT molecular complexity index is 425. The van der Waals surface area contributed by atoms with E-state index >= 15 is 0 Å². The molecule has 0 aliphatic carbocycles. The molecule has 0 bridgehead atoms. The molecule has 1 aromatic rings. The fraction of sp³-hybridized carbons (Fsp3) is 0.273. The third-order valence-corrected chi connectivity index (χ3v) is 2.39. The molecule has 1 aliphatic heterocycles. The normalized spacial score (nSPS) is 18.8. The molecule has 2 rings (SSSR count). The number of nitrogens with zero attached hydrogens (tertiary/aromatic N) is 1. The first kappa shape index (κ1) is 10.5. The summed E-state index contributed by atoms with van der Waals surface area (Å²) in [6, 6.07) is 7.18. The Morgan fingerprint density at radius 1 is 1.50 bits per heavy atom. The van der Waals surface area contributed by atoms with Crippen LogP contribution in [0, 0.1) is 0 Å². The van der Waals surface area contributed by atoms with E-state index in [2.05, 4.69) is 9.73 Å². The van der Waals surface area contributed by atoms with E-state index in [1.54, 1.807) is 12.1 Å². The van der Waals surface area contributed by atoms with Crippen molar-refractivity contribution in [2.45, 2.75) is 6.04 Å². The van der Waals surface area contributed by atoms with Gasteiger partial charge in [-0.1, -0.05) is 12.1 Å². The Balaban J connectivity index is 2.16. The van der Waals surface area contributed by atoms with Crippen LogP contribution in [0.15, 0.2) is 29.3 Å². The molecule has 5 heteroatoms. The number of benzene rings is 1. The molecule has 1 unspecified atom stereocenters. The molecule has 1 aromatic carbocycles. The van der Waals surface area contributed by atoms with Crippen LogP contribution in [-0.4, -0.2) is 25.7 Å². The van der Waals surface area contributed by atoms with Gasteiger partial charge in [-0.2, -0.15) is 0 Å². The van der Waals surface area contributed by atoms with Gasteiger partial charge in [-0.3, -0.25) is 0 Å². The Kier molecular flexibility index (Phi) is 2.76. The zero-order chi connectivity index (χ0) is 11.5. The summed E-state index contributed by atoms with van der Waals surface area (Å²) < 4.78 is 9.66. The molecule has 0 radical (unpaired) electrons. The summed E-state index contributed by atoms with van der Waals surface area (Å²) in [5.74, 6) is -0.350. The van der Waals surface area contributed by atoms with Gasteiger partial charge in [-0.15, -0.1) is 0 Å². The van der Waals surface area contributed by atoms with E-state index in [4.69, 9.17) is 10.5 Å². The highest BCUT2D eigenvalue weighted by Crippen LogP contribution is 2.22. The van der Waals surface area contributed by atoms with Crippen LogP contribution in [0.2, 0.25) is 0 Å². The van der Waals surface area contributed by atoms with Gasteiger partial charge in [0.2, 0.25) is 0 Å². The van der Waals surface area contributed by atoms with Crippen LogP contribution < -0.4 is 5.73 Å². The van der Waals surface area contributed by atoms with Gasteiger partial charge in [-0.25, -0.2) is 9.79 Å². The summed E-state index contributed by atoms with van der Waals surface area (Å²) in [6.07, 6.45) is 0. The lowest BCUT2D eigenvalue weighted by Gasteiger charge is -2.05. The molecule has 2 N–H and O–H groups in total. The molecule has 0 saturated heterocycles. The zero-order valence-electron chi connectivity index (χ0n) is 8.84. The molecule has 5 nitrogen and oxygen atoms in total. The maximum atomic E-state index is 11.2. The summed E-state index contributed by atoms with van der Waals surface area (Å²) >= 11 is 0. The number of hydrogen-bond acceptors (Lipinski definition) is 5. The van der Waals surface area contributed by atoms with Gasteiger partial charge in [0.1, 0.15) is 12.6 Å². The van der Waals surface area contributed by atoms with Crippen LogP contribution in [0.5, 0.6) is 0 Å². The molecule has 1 atom stereocenters. The van der Waals surface area contributed by atoms with Crippen molar-refractivity contribution in [2.24, 2.45) is 10.7 Å². The van der Waals surface area contributed by atoms with Gasteiger partial charge >= 0.3 is 5.97 Å². The van der Waals surface area contributed by atoms with Crippen molar-refractivity contribution in [3.05, 3.63) is 35.4 Å². The lowest BCUT2D eigenvalue weighted by molar-refractivity contribution is 0.0600. The van der Waals surface area contributed by atoms with Crippen molar-refractivity contribution in [3.63, 3.8) is 0 Å². The van der Waals surface area contributed by atoms with Crippen LogP contribution in [0.3, 0.4) is 0 Å². The summed E-state index contributed by atoms with van der Waals surface area (Å²) in [5, 5.41) is 0. The molecular formula is C11H12N2O3. The number of esters is 1. The number of aliphatic imine (C=N–C) groups is 1. The van der Waals surface area contributed by atoms with Crippen LogP contribution in [0.4, 0.5) is 0 Å². The lowest BCUT2D eigenvalue weighted by atomic mass is 10.1. The molecule has 0 amide bonds. The Morgan fingerprint density at radius 3 is 2.69 bits per heavy atom. The average Bonchev–Trinajstić information content (AvgIpc) is 2.75. The van der Waals surface area contributed by atoms with E-state index in [0.717, 1.165) is 5.56 Å². The van der Waals surface area contributed by atoms with Gasteiger partial charge < -0.3 is 15.2 Å². The monoisotopic (exact) mass is 220 g/mol. The molecule has 0 spiro atoms. The van der Waals surface area contributed by atoms with Gasteiger partial charge in [0.05, 0.1) is 12.7 Å². The first-order valence-corrected chi connectivity index (χ1v) is 4.85. The van der Waals surface area contributed by atoms with Gasteiger partial charge in [0.25, 0.3) is 6.02 Å². The van der Waals surface area contributed by atoms with Crippen LogP contribution in [0.25, 0.3) is 0 Å². The minimum atomic E-state index is -0.350. The molecule has 0 saturated carbocycles. The largest absolute Gasteiger partial charge is 0.465 e. The smallest absolute Gasteiger partial charge is 0.337 e. The molecule has 16 heavy (non-hydrogen) atoms. The second-order valence-electron chi connectivity index (χ2n) is 3.41. The first-order valence-electron chi connectivity index (χ1n) is 4.85. The standard InChI is InChI=1S/C11H12N2O3/c1-15-10(14)8-4-2-7(3-5-8)9-6-16-11(12)13-9/h2-5,9H,6H2,1H3,(H2,12,13). The molecule has 84 valence electrons.